The van der Waals surface area contributed by atoms with Gasteiger partial charge in [0.25, 0.3) is 0 Å². The first-order chi connectivity index (χ1) is 10.1. The zero-order chi connectivity index (χ0) is 15.1. The summed E-state index contributed by atoms with van der Waals surface area (Å²) >= 11 is 0. The summed E-state index contributed by atoms with van der Waals surface area (Å²) in [5.74, 6) is 1.42. The fourth-order valence-electron chi connectivity index (χ4n) is 2.04. The first-order valence-corrected chi connectivity index (χ1v) is 8.97. The molecule has 0 unspecified atom stereocenters. The molecule has 1 saturated carbocycles. The van der Waals surface area contributed by atoms with E-state index < -0.39 is 10.0 Å². The molecule has 0 atom stereocenters. The minimum Gasteiger partial charge on any atom is -0.494 e. The summed E-state index contributed by atoms with van der Waals surface area (Å²) in [5.41, 5.74) is 0. The fourth-order valence-corrected chi connectivity index (χ4v) is 3.09. The Bertz CT molecular complexity index is 524. The van der Waals surface area contributed by atoms with Gasteiger partial charge in [0, 0.05) is 6.54 Å². The van der Waals surface area contributed by atoms with E-state index in [9.17, 15) is 8.42 Å². The summed E-state index contributed by atoms with van der Waals surface area (Å²) < 4.78 is 32.4. The fraction of sp³-hybridized carbons (Fsp3) is 0.600. The highest BCUT2D eigenvalue weighted by atomic mass is 32.2. The lowest BCUT2D eigenvalue weighted by atomic mass is 10.3. The normalized spacial score (nSPS) is 15.1. The second kappa shape index (κ2) is 7.77. The molecule has 1 aliphatic carbocycles. The number of ether oxygens (including phenoxy) is 1. The molecule has 0 aromatic heterocycles. The molecule has 1 fully saturated rings. The summed E-state index contributed by atoms with van der Waals surface area (Å²) in [6.07, 6.45) is 4.33. The van der Waals surface area contributed by atoms with Crippen LogP contribution in [0.5, 0.6) is 5.75 Å². The minimum atomic E-state index is -3.39. The maximum atomic E-state index is 12.1. The third-order valence-corrected chi connectivity index (χ3v) is 4.99. The van der Waals surface area contributed by atoms with Crippen molar-refractivity contribution in [3.8, 4) is 5.75 Å². The van der Waals surface area contributed by atoms with Crippen molar-refractivity contribution in [2.75, 3.05) is 26.7 Å². The second-order valence-electron chi connectivity index (χ2n) is 5.41. The van der Waals surface area contributed by atoms with E-state index in [4.69, 9.17) is 4.74 Å². The SMILES string of the molecule is CNCCCOc1ccc(S(=O)(=O)NCCC2CC2)cc1. The van der Waals surface area contributed by atoms with Crippen molar-refractivity contribution in [3.05, 3.63) is 24.3 Å². The van der Waals surface area contributed by atoms with Crippen molar-refractivity contribution in [1.29, 1.82) is 0 Å². The Morgan fingerprint density at radius 1 is 1.19 bits per heavy atom. The molecule has 2 N–H and O–H groups in total. The van der Waals surface area contributed by atoms with E-state index >= 15 is 0 Å². The molecule has 1 aliphatic rings. The van der Waals surface area contributed by atoms with E-state index in [0.717, 1.165) is 25.3 Å². The van der Waals surface area contributed by atoms with Crippen LogP contribution in [-0.2, 0) is 10.0 Å². The van der Waals surface area contributed by atoms with Crippen molar-refractivity contribution >= 4 is 10.0 Å². The van der Waals surface area contributed by atoms with Gasteiger partial charge in [-0.05, 0) is 56.6 Å². The third kappa shape index (κ3) is 5.65. The molecular formula is C15H24N2O3S. The molecule has 118 valence electrons. The van der Waals surface area contributed by atoms with Crippen LogP contribution >= 0.6 is 0 Å². The van der Waals surface area contributed by atoms with Gasteiger partial charge in [-0.1, -0.05) is 12.8 Å². The lowest BCUT2D eigenvalue weighted by Gasteiger charge is -2.09. The van der Waals surface area contributed by atoms with E-state index in [2.05, 4.69) is 10.0 Å². The Labute approximate surface area is 127 Å². The molecule has 6 heteroatoms. The maximum Gasteiger partial charge on any atom is 0.240 e. The van der Waals surface area contributed by atoms with E-state index in [1.165, 1.54) is 12.8 Å². The number of hydrogen-bond acceptors (Lipinski definition) is 4. The van der Waals surface area contributed by atoms with E-state index in [-0.39, 0.29) is 0 Å². The molecule has 0 amide bonds. The van der Waals surface area contributed by atoms with Crippen molar-refractivity contribution in [1.82, 2.24) is 10.0 Å². The zero-order valence-corrected chi connectivity index (χ0v) is 13.3. The van der Waals surface area contributed by atoms with Crippen molar-refractivity contribution in [3.63, 3.8) is 0 Å². The third-order valence-electron chi connectivity index (χ3n) is 3.52. The van der Waals surface area contributed by atoms with Crippen LogP contribution < -0.4 is 14.8 Å². The number of sulfonamides is 1. The Balaban J connectivity index is 1.81. The van der Waals surface area contributed by atoms with Gasteiger partial charge in [0.05, 0.1) is 11.5 Å². The van der Waals surface area contributed by atoms with Gasteiger partial charge in [0.15, 0.2) is 0 Å². The molecule has 1 aromatic rings. The molecule has 0 spiro atoms. The van der Waals surface area contributed by atoms with Gasteiger partial charge in [0.1, 0.15) is 5.75 Å². The topological polar surface area (TPSA) is 67.4 Å². The largest absolute Gasteiger partial charge is 0.494 e. The average Bonchev–Trinajstić information content (AvgIpc) is 3.28. The number of nitrogens with one attached hydrogen (secondary N) is 2. The second-order valence-corrected chi connectivity index (χ2v) is 7.17. The van der Waals surface area contributed by atoms with Crippen LogP contribution in [0.25, 0.3) is 0 Å². The van der Waals surface area contributed by atoms with Gasteiger partial charge in [0.2, 0.25) is 10.0 Å². The van der Waals surface area contributed by atoms with Crippen LogP contribution in [0.2, 0.25) is 0 Å². The van der Waals surface area contributed by atoms with Crippen LogP contribution in [0, 0.1) is 5.92 Å². The van der Waals surface area contributed by atoms with Crippen molar-refractivity contribution in [2.24, 2.45) is 5.92 Å². The number of rotatable bonds is 10. The molecule has 0 aliphatic heterocycles. The highest BCUT2D eigenvalue weighted by Gasteiger charge is 2.22. The quantitative estimate of drug-likeness (QED) is 0.646. The van der Waals surface area contributed by atoms with Gasteiger partial charge < -0.3 is 10.1 Å². The van der Waals surface area contributed by atoms with E-state index in [1.807, 2.05) is 7.05 Å². The Hall–Kier alpha value is -1.11. The predicted molar refractivity (Wildman–Crippen MR) is 83.0 cm³/mol. The molecule has 0 radical (unpaired) electrons. The number of benzene rings is 1. The van der Waals surface area contributed by atoms with E-state index in [1.54, 1.807) is 24.3 Å². The first-order valence-electron chi connectivity index (χ1n) is 7.49. The van der Waals surface area contributed by atoms with Gasteiger partial charge in [-0.2, -0.15) is 0 Å². The standard InChI is InChI=1S/C15H24N2O3S/c1-16-10-2-12-20-14-5-7-15(8-6-14)21(18,19)17-11-9-13-3-4-13/h5-8,13,16-17H,2-4,9-12H2,1H3. The van der Waals surface area contributed by atoms with Crippen LogP contribution in [0.1, 0.15) is 25.7 Å². The molecule has 0 saturated heterocycles. The van der Waals surface area contributed by atoms with Gasteiger partial charge in [-0.3, -0.25) is 0 Å². The lowest BCUT2D eigenvalue weighted by Crippen LogP contribution is -2.25. The summed E-state index contributed by atoms with van der Waals surface area (Å²) in [6, 6.07) is 6.59. The summed E-state index contributed by atoms with van der Waals surface area (Å²) in [5, 5.41) is 3.05. The zero-order valence-electron chi connectivity index (χ0n) is 12.5. The molecule has 21 heavy (non-hydrogen) atoms. The van der Waals surface area contributed by atoms with Crippen LogP contribution in [-0.4, -0.2) is 35.2 Å². The predicted octanol–water partition coefficient (Wildman–Crippen LogP) is 1.75. The van der Waals surface area contributed by atoms with Gasteiger partial charge in [-0.15, -0.1) is 0 Å². The Kier molecular flexibility index (Phi) is 6.02. The van der Waals surface area contributed by atoms with Crippen LogP contribution in [0.15, 0.2) is 29.2 Å². The lowest BCUT2D eigenvalue weighted by molar-refractivity contribution is 0.309. The minimum absolute atomic E-state index is 0.292. The summed E-state index contributed by atoms with van der Waals surface area (Å²) in [4.78, 5) is 0.292. The maximum absolute atomic E-state index is 12.1. The smallest absolute Gasteiger partial charge is 0.240 e. The molecule has 1 aromatic carbocycles. The van der Waals surface area contributed by atoms with Crippen molar-refractivity contribution < 1.29 is 13.2 Å². The Morgan fingerprint density at radius 3 is 2.52 bits per heavy atom. The first kappa shape index (κ1) is 16.3. The summed E-state index contributed by atoms with van der Waals surface area (Å²) in [6.45, 7) is 2.04. The highest BCUT2D eigenvalue weighted by molar-refractivity contribution is 7.89. The Morgan fingerprint density at radius 2 is 1.90 bits per heavy atom. The molecule has 2 rings (SSSR count). The molecule has 0 bridgehead atoms. The monoisotopic (exact) mass is 312 g/mol. The van der Waals surface area contributed by atoms with Crippen LogP contribution in [0.4, 0.5) is 0 Å². The number of hydrogen-bond donors (Lipinski definition) is 2. The molecular weight excluding hydrogens is 288 g/mol. The molecule has 5 nitrogen and oxygen atoms in total. The molecule has 0 heterocycles. The van der Waals surface area contributed by atoms with Crippen LogP contribution in [0.3, 0.4) is 0 Å². The van der Waals surface area contributed by atoms with Gasteiger partial charge >= 0.3 is 0 Å². The van der Waals surface area contributed by atoms with Gasteiger partial charge in [-0.25, -0.2) is 13.1 Å². The average molecular weight is 312 g/mol. The van der Waals surface area contributed by atoms with Crippen molar-refractivity contribution in [2.45, 2.75) is 30.6 Å². The van der Waals surface area contributed by atoms with E-state index in [0.29, 0.717) is 23.8 Å². The highest BCUT2D eigenvalue weighted by Crippen LogP contribution is 2.31. The summed E-state index contributed by atoms with van der Waals surface area (Å²) in [7, 11) is -1.49.